The number of likely N-dealkylation sites (N-methyl/N-ethyl adjacent to an activating group) is 1. The summed E-state index contributed by atoms with van der Waals surface area (Å²) in [7, 11) is 2.15. The van der Waals surface area contributed by atoms with Crippen LogP contribution in [0.1, 0.15) is 0 Å². The van der Waals surface area contributed by atoms with Crippen LogP contribution in [0.3, 0.4) is 0 Å². The Hall–Kier alpha value is -2.27. The van der Waals surface area contributed by atoms with E-state index in [9.17, 15) is 4.79 Å². The van der Waals surface area contributed by atoms with Gasteiger partial charge in [0.05, 0.1) is 0 Å². The van der Waals surface area contributed by atoms with E-state index in [1.807, 2.05) is 41.2 Å². The third-order valence-electron chi connectivity index (χ3n) is 4.01. The molecule has 3 rings (SSSR count). The molecule has 0 saturated carbocycles. The molecule has 1 aliphatic rings. The summed E-state index contributed by atoms with van der Waals surface area (Å²) in [4.78, 5) is 16.7. The first kappa shape index (κ1) is 14.7. The van der Waals surface area contributed by atoms with Gasteiger partial charge in [0.15, 0.2) is 0 Å². The minimum Gasteiger partial charge on any atom is -0.369 e. The van der Waals surface area contributed by atoms with Gasteiger partial charge in [-0.25, -0.2) is 0 Å². The van der Waals surface area contributed by atoms with Crippen molar-refractivity contribution in [2.75, 3.05) is 43.4 Å². The van der Waals surface area contributed by atoms with Gasteiger partial charge in [0, 0.05) is 49.9 Å². The Morgan fingerprint density at radius 2 is 1.68 bits per heavy atom. The number of hydrogen-bond donors (Lipinski definition) is 1. The van der Waals surface area contributed by atoms with Crippen molar-refractivity contribution >= 4 is 17.3 Å². The number of carbonyl (C=O) groups excluding carboxylic acids is 1. The van der Waals surface area contributed by atoms with Gasteiger partial charge in [0.2, 0.25) is 5.91 Å². The number of piperazine rings is 1. The van der Waals surface area contributed by atoms with Crippen molar-refractivity contribution < 1.29 is 4.79 Å². The second-order valence-electron chi connectivity index (χ2n) is 5.74. The Kier molecular flexibility index (Phi) is 4.44. The molecule has 5 nitrogen and oxygen atoms in total. The van der Waals surface area contributed by atoms with Crippen molar-refractivity contribution in [2.45, 2.75) is 6.54 Å². The van der Waals surface area contributed by atoms with E-state index in [0.717, 1.165) is 31.9 Å². The van der Waals surface area contributed by atoms with Crippen LogP contribution in [0.15, 0.2) is 48.8 Å². The number of hydrogen-bond acceptors (Lipinski definition) is 3. The molecule has 0 bridgehead atoms. The summed E-state index contributed by atoms with van der Waals surface area (Å²) in [5, 5.41) is 2.93. The zero-order valence-electron chi connectivity index (χ0n) is 12.9. The van der Waals surface area contributed by atoms with Crippen molar-refractivity contribution in [3.63, 3.8) is 0 Å². The molecule has 5 heteroatoms. The summed E-state index contributed by atoms with van der Waals surface area (Å²) in [6, 6.07) is 11.9. The normalized spacial score (nSPS) is 15.8. The van der Waals surface area contributed by atoms with E-state index in [-0.39, 0.29) is 5.91 Å². The maximum Gasteiger partial charge on any atom is 0.244 e. The van der Waals surface area contributed by atoms with Crippen LogP contribution in [0.5, 0.6) is 0 Å². The van der Waals surface area contributed by atoms with E-state index in [0.29, 0.717) is 6.54 Å². The molecule has 2 heterocycles. The Bertz CT molecular complexity index is 598. The second-order valence-corrected chi connectivity index (χ2v) is 5.74. The molecular weight excluding hydrogens is 276 g/mol. The quantitative estimate of drug-likeness (QED) is 0.937. The smallest absolute Gasteiger partial charge is 0.244 e. The first-order valence-electron chi connectivity index (χ1n) is 7.65. The zero-order chi connectivity index (χ0) is 15.4. The number of carbonyl (C=O) groups is 1. The Morgan fingerprint density at radius 3 is 2.32 bits per heavy atom. The summed E-state index contributed by atoms with van der Waals surface area (Å²) in [6.07, 6.45) is 3.77. The highest BCUT2D eigenvalue weighted by Crippen LogP contribution is 2.19. The molecule has 2 aromatic rings. The summed E-state index contributed by atoms with van der Waals surface area (Å²) in [5.41, 5.74) is 2.06. The van der Waals surface area contributed by atoms with Crippen molar-refractivity contribution in [2.24, 2.45) is 0 Å². The first-order chi connectivity index (χ1) is 10.7. The highest BCUT2D eigenvalue weighted by atomic mass is 16.1. The fourth-order valence-electron chi connectivity index (χ4n) is 2.66. The van der Waals surface area contributed by atoms with Crippen LogP contribution in [0.25, 0.3) is 0 Å². The van der Waals surface area contributed by atoms with Crippen LogP contribution in [0.2, 0.25) is 0 Å². The maximum atomic E-state index is 12.0. The molecule has 1 aromatic carbocycles. The van der Waals surface area contributed by atoms with Crippen molar-refractivity contribution in [1.82, 2.24) is 9.47 Å². The van der Waals surface area contributed by atoms with Gasteiger partial charge in [-0.2, -0.15) is 0 Å². The summed E-state index contributed by atoms with van der Waals surface area (Å²) in [6.45, 7) is 4.63. The van der Waals surface area contributed by atoms with Crippen molar-refractivity contribution in [3.05, 3.63) is 48.8 Å². The lowest BCUT2D eigenvalue weighted by Gasteiger charge is -2.34. The van der Waals surface area contributed by atoms with Gasteiger partial charge in [-0.3, -0.25) is 4.79 Å². The fourth-order valence-corrected chi connectivity index (χ4v) is 2.66. The van der Waals surface area contributed by atoms with E-state index >= 15 is 0 Å². The number of amides is 1. The lowest BCUT2D eigenvalue weighted by atomic mass is 10.2. The first-order valence-corrected chi connectivity index (χ1v) is 7.65. The summed E-state index contributed by atoms with van der Waals surface area (Å²) >= 11 is 0. The monoisotopic (exact) mass is 298 g/mol. The minimum absolute atomic E-state index is 0.0106. The van der Waals surface area contributed by atoms with Gasteiger partial charge >= 0.3 is 0 Å². The van der Waals surface area contributed by atoms with Crippen LogP contribution in [0.4, 0.5) is 11.4 Å². The molecule has 22 heavy (non-hydrogen) atoms. The Balaban J connectivity index is 1.56. The van der Waals surface area contributed by atoms with Gasteiger partial charge in [0.25, 0.3) is 0 Å². The third-order valence-corrected chi connectivity index (χ3v) is 4.01. The molecule has 1 N–H and O–H groups in total. The van der Waals surface area contributed by atoms with Gasteiger partial charge in [-0.15, -0.1) is 0 Å². The predicted octanol–water partition coefficient (Wildman–Crippen LogP) is 1.88. The number of nitrogens with one attached hydrogen (secondary N) is 1. The number of rotatable bonds is 4. The van der Waals surface area contributed by atoms with E-state index in [1.165, 1.54) is 5.69 Å². The van der Waals surface area contributed by atoms with Crippen LogP contribution in [-0.4, -0.2) is 48.6 Å². The second kappa shape index (κ2) is 6.66. The molecule has 0 unspecified atom stereocenters. The fraction of sp³-hybridized carbons (Fsp3) is 0.353. The Labute approximate surface area is 131 Å². The highest BCUT2D eigenvalue weighted by Gasteiger charge is 2.14. The highest BCUT2D eigenvalue weighted by molar-refractivity contribution is 5.90. The average Bonchev–Trinajstić information content (AvgIpc) is 3.02. The van der Waals surface area contributed by atoms with Crippen LogP contribution >= 0.6 is 0 Å². The molecule has 0 aliphatic carbocycles. The molecule has 1 fully saturated rings. The van der Waals surface area contributed by atoms with E-state index in [4.69, 9.17) is 0 Å². The van der Waals surface area contributed by atoms with E-state index in [2.05, 4.69) is 34.3 Å². The molecule has 1 saturated heterocycles. The topological polar surface area (TPSA) is 40.5 Å². The van der Waals surface area contributed by atoms with Crippen molar-refractivity contribution in [1.29, 1.82) is 0 Å². The Morgan fingerprint density at radius 1 is 1.05 bits per heavy atom. The number of aromatic nitrogens is 1. The molecule has 0 atom stereocenters. The van der Waals surface area contributed by atoms with Crippen LogP contribution in [-0.2, 0) is 11.3 Å². The van der Waals surface area contributed by atoms with Gasteiger partial charge < -0.3 is 19.7 Å². The van der Waals surface area contributed by atoms with Crippen LogP contribution < -0.4 is 10.2 Å². The standard InChI is InChI=1S/C17H22N4O/c1-19-10-12-21(13-11-19)16-6-4-15(5-7-16)18-17(22)14-20-8-2-3-9-20/h2-9H,10-14H2,1H3,(H,18,22). The zero-order valence-corrected chi connectivity index (χ0v) is 12.9. The number of nitrogens with zero attached hydrogens (tertiary/aromatic N) is 3. The molecular formula is C17H22N4O. The van der Waals surface area contributed by atoms with Gasteiger partial charge in [-0.1, -0.05) is 0 Å². The molecule has 0 spiro atoms. The van der Waals surface area contributed by atoms with E-state index < -0.39 is 0 Å². The minimum atomic E-state index is -0.0106. The number of anilines is 2. The van der Waals surface area contributed by atoms with Crippen molar-refractivity contribution in [3.8, 4) is 0 Å². The van der Waals surface area contributed by atoms with Gasteiger partial charge in [0.1, 0.15) is 6.54 Å². The van der Waals surface area contributed by atoms with Gasteiger partial charge in [-0.05, 0) is 43.4 Å². The SMILES string of the molecule is CN1CCN(c2ccc(NC(=O)Cn3cccc3)cc2)CC1. The predicted molar refractivity (Wildman–Crippen MR) is 89.2 cm³/mol. The molecule has 1 aromatic heterocycles. The largest absolute Gasteiger partial charge is 0.369 e. The van der Waals surface area contributed by atoms with Crippen LogP contribution in [0, 0.1) is 0 Å². The molecule has 1 amide bonds. The van der Waals surface area contributed by atoms with E-state index in [1.54, 1.807) is 0 Å². The molecule has 1 aliphatic heterocycles. The third kappa shape index (κ3) is 3.68. The lowest BCUT2D eigenvalue weighted by Crippen LogP contribution is -2.44. The summed E-state index contributed by atoms with van der Waals surface area (Å²) in [5.74, 6) is -0.0106. The summed E-state index contributed by atoms with van der Waals surface area (Å²) < 4.78 is 1.86. The number of benzene rings is 1. The maximum absolute atomic E-state index is 12.0. The lowest BCUT2D eigenvalue weighted by molar-refractivity contribution is -0.116. The average molecular weight is 298 g/mol. The molecule has 116 valence electrons. The molecule has 0 radical (unpaired) electrons.